The number of esters is 1. The molecule has 132 valence electrons. The van der Waals surface area contributed by atoms with Crippen molar-refractivity contribution in [3.05, 3.63) is 35.4 Å². The van der Waals surface area contributed by atoms with Gasteiger partial charge in [-0.1, -0.05) is 0 Å². The molecule has 0 spiro atoms. The average Bonchev–Trinajstić information content (AvgIpc) is 2.53. The third kappa shape index (κ3) is 5.47. The van der Waals surface area contributed by atoms with Gasteiger partial charge in [0.15, 0.2) is 0 Å². The smallest absolute Gasteiger partial charge is 0.314 e. The van der Waals surface area contributed by atoms with E-state index in [4.69, 9.17) is 4.74 Å². The van der Waals surface area contributed by atoms with Gasteiger partial charge in [0.2, 0.25) is 0 Å². The summed E-state index contributed by atoms with van der Waals surface area (Å²) in [6.45, 7) is 2.41. The lowest BCUT2D eigenvalue weighted by Crippen LogP contribution is -2.44. The predicted octanol–water partition coefficient (Wildman–Crippen LogP) is 2.68. The summed E-state index contributed by atoms with van der Waals surface area (Å²) in [5.41, 5.74) is -0.00779. The highest BCUT2D eigenvalue weighted by molar-refractivity contribution is 5.74. The first-order valence-electron chi connectivity index (χ1n) is 8.15. The fraction of sp³-hybridized carbons (Fsp3) is 0.529. The van der Waals surface area contributed by atoms with Crippen LogP contribution in [0.4, 0.5) is 13.6 Å². The number of hydrogen-bond donors (Lipinski definition) is 2. The van der Waals surface area contributed by atoms with Crippen molar-refractivity contribution in [2.45, 2.75) is 51.2 Å². The number of carbonyl (C=O) groups is 2. The Hall–Kier alpha value is -2.18. The summed E-state index contributed by atoms with van der Waals surface area (Å²) < 4.78 is 32.0. The molecule has 2 rings (SSSR count). The normalized spacial score (nSPS) is 20.3. The van der Waals surface area contributed by atoms with Gasteiger partial charge >= 0.3 is 12.0 Å². The van der Waals surface area contributed by atoms with Crippen LogP contribution in [-0.4, -0.2) is 30.7 Å². The van der Waals surface area contributed by atoms with Crippen LogP contribution in [0.2, 0.25) is 0 Å². The molecule has 0 unspecified atom stereocenters. The van der Waals surface area contributed by atoms with Gasteiger partial charge in [-0.3, -0.25) is 4.79 Å². The highest BCUT2D eigenvalue weighted by Crippen LogP contribution is 2.22. The molecule has 0 saturated heterocycles. The van der Waals surface area contributed by atoms with E-state index in [0.29, 0.717) is 32.2 Å². The highest BCUT2D eigenvalue weighted by atomic mass is 19.1. The molecule has 1 fully saturated rings. The molecule has 0 bridgehead atoms. The minimum Gasteiger partial charge on any atom is -0.462 e. The Morgan fingerprint density at radius 1 is 1.21 bits per heavy atom. The van der Waals surface area contributed by atoms with E-state index >= 15 is 0 Å². The van der Waals surface area contributed by atoms with Crippen molar-refractivity contribution in [3.8, 4) is 0 Å². The number of nitrogens with one attached hydrogen (secondary N) is 2. The van der Waals surface area contributed by atoms with E-state index in [0.717, 1.165) is 18.2 Å². The van der Waals surface area contributed by atoms with Gasteiger partial charge in [-0.05, 0) is 50.8 Å². The summed E-state index contributed by atoms with van der Waals surface area (Å²) in [6, 6.07) is 2.87. The number of hydrogen-bond acceptors (Lipinski definition) is 3. The fourth-order valence-electron chi connectivity index (χ4n) is 2.78. The first-order valence-corrected chi connectivity index (χ1v) is 8.15. The van der Waals surface area contributed by atoms with Gasteiger partial charge in [0.25, 0.3) is 0 Å². The van der Waals surface area contributed by atoms with Gasteiger partial charge in [0.1, 0.15) is 17.7 Å². The first-order chi connectivity index (χ1) is 11.5. The second-order valence-corrected chi connectivity index (χ2v) is 5.88. The molecule has 1 aliphatic carbocycles. The molecule has 7 heteroatoms. The van der Waals surface area contributed by atoms with E-state index in [1.54, 1.807) is 0 Å². The van der Waals surface area contributed by atoms with Crippen molar-refractivity contribution in [3.63, 3.8) is 0 Å². The third-order valence-corrected chi connectivity index (χ3v) is 3.99. The molecule has 1 aliphatic rings. The van der Waals surface area contributed by atoms with Crippen LogP contribution in [0.25, 0.3) is 0 Å². The maximum absolute atomic E-state index is 13.5. The SMILES string of the molecule is CCNC(=O)NC1CCC(OC(=O)Cc2cc(F)ccc2F)CC1. The van der Waals surface area contributed by atoms with Crippen molar-refractivity contribution in [1.82, 2.24) is 10.6 Å². The second kappa shape index (κ2) is 8.61. The van der Waals surface area contributed by atoms with Crippen molar-refractivity contribution in [2.24, 2.45) is 0 Å². The van der Waals surface area contributed by atoms with E-state index in [9.17, 15) is 18.4 Å². The van der Waals surface area contributed by atoms with Gasteiger partial charge in [0.05, 0.1) is 6.42 Å². The number of carbonyl (C=O) groups excluding carboxylic acids is 2. The predicted molar refractivity (Wildman–Crippen MR) is 84.4 cm³/mol. The van der Waals surface area contributed by atoms with Crippen LogP contribution in [-0.2, 0) is 16.0 Å². The summed E-state index contributed by atoms with van der Waals surface area (Å²) in [6.07, 6.45) is 2.15. The summed E-state index contributed by atoms with van der Waals surface area (Å²) in [7, 11) is 0. The van der Waals surface area contributed by atoms with Crippen molar-refractivity contribution < 1.29 is 23.1 Å². The van der Waals surface area contributed by atoms with E-state index in [1.165, 1.54) is 0 Å². The molecule has 2 N–H and O–H groups in total. The number of rotatable bonds is 5. The molecular weight excluding hydrogens is 318 g/mol. The van der Waals surface area contributed by atoms with Crippen molar-refractivity contribution in [1.29, 1.82) is 0 Å². The Morgan fingerprint density at radius 3 is 2.58 bits per heavy atom. The Balaban J connectivity index is 1.76. The number of halogens is 2. The molecule has 0 aromatic heterocycles. The van der Waals surface area contributed by atoms with Gasteiger partial charge in [0, 0.05) is 18.2 Å². The molecule has 1 aromatic rings. The topological polar surface area (TPSA) is 67.4 Å². The second-order valence-electron chi connectivity index (χ2n) is 5.88. The van der Waals surface area contributed by atoms with Crippen LogP contribution >= 0.6 is 0 Å². The molecule has 0 atom stereocenters. The largest absolute Gasteiger partial charge is 0.462 e. The zero-order valence-electron chi connectivity index (χ0n) is 13.6. The lowest BCUT2D eigenvalue weighted by molar-refractivity contribution is -0.149. The van der Waals surface area contributed by atoms with Gasteiger partial charge in [-0.25, -0.2) is 13.6 Å². The summed E-state index contributed by atoms with van der Waals surface area (Å²) in [5, 5.41) is 5.54. The maximum Gasteiger partial charge on any atom is 0.314 e. The summed E-state index contributed by atoms with van der Waals surface area (Å²) >= 11 is 0. The molecule has 1 aromatic carbocycles. The van der Waals surface area contributed by atoms with Gasteiger partial charge in [-0.2, -0.15) is 0 Å². The van der Waals surface area contributed by atoms with E-state index in [2.05, 4.69) is 10.6 Å². The molecule has 1 saturated carbocycles. The van der Waals surface area contributed by atoms with E-state index < -0.39 is 17.6 Å². The van der Waals surface area contributed by atoms with Crippen molar-refractivity contribution in [2.75, 3.05) is 6.54 Å². The fourth-order valence-corrected chi connectivity index (χ4v) is 2.78. The van der Waals surface area contributed by atoms with E-state index in [-0.39, 0.29) is 30.2 Å². The summed E-state index contributed by atoms with van der Waals surface area (Å²) in [5.74, 6) is -1.78. The van der Waals surface area contributed by atoms with E-state index in [1.807, 2.05) is 6.92 Å². The Kier molecular flexibility index (Phi) is 6.52. The Labute approximate surface area is 139 Å². The minimum atomic E-state index is -0.622. The van der Waals surface area contributed by atoms with Crippen LogP contribution in [0, 0.1) is 11.6 Å². The van der Waals surface area contributed by atoms with Crippen molar-refractivity contribution >= 4 is 12.0 Å². The third-order valence-electron chi connectivity index (χ3n) is 3.99. The van der Waals surface area contributed by atoms with Gasteiger partial charge < -0.3 is 15.4 Å². The molecule has 24 heavy (non-hydrogen) atoms. The van der Waals surface area contributed by atoms with Crippen LogP contribution in [0.5, 0.6) is 0 Å². The molecule has 5 nitrogen and oxygen atoms in total. The van der Waals surface area contributed by atoms with Crippen LogP contribution in [0.3, 0.4) is 0 Å². The lowest BCUT2D eigenvalue weighted by Gasteiger charge is -2.28. The summed E-state index contributed by atoms with van der Waals surface area (Å²) in [4.78, 5) is 23.4. The molecule has 0 radical (unpaired) electrons. The zero-order valence-corrected chi connectivity index (χ0v) is 13.6. The Bertz CT molecular complexity index is 587. The molecule has 2 amide bonds. The maximum atomic E-state index is 13.5. The molecule has 0 aliphatic heterocycles. The quantitative estimate of drug-likeness (QED) is 0.810. The van der Waals surface area contributed by atoms with Crippen LogP contribution in [0.1, 0.15) is 38.2 Å². The highest BCUT2D eigenvalue weighted by Gasteiger charge is 2.25. The standard InChI is InChI=1S/C17H22F2N2O3/c1-2-20-17(23)21-13-4-6-14(7-5-13)24-16(22)10-11-9-12(18)3-8-15(11)19/h3,8-9,13-14H,2,4-7,10H2,1H3,(H2,20,21,23). The zero-order chi connectivity index (χ0) is 17.5. The molecular formula is C17H22F2N2O3. The minimum absolute atomic E-state index is 0.00779. The number of urea groups is 1. The first kappa shape index (κ1) is 18.2. The van der Waals surface area contributed by atoms with Crippen LogP contribution in [0.15, 0.2) is 18.2 Å². The van der Waals surface area contributed by atoms with Crippen LogP contribution < -0.4 is 10.6 Å². The number of ether oxygens (including phenoxy) is 1. The van der Waals surface area contributed by atoms with Gasteiger partial charge in [-0.15, -0.1) is 0 Å². The number of amides is 2. The average molecular weight is 340 g/mol. The number of benzene rings is 1. The molecule has 0 heterocycles. The lowest BCUT2D eigenvalue weighted by atomic mass is 9.93. The Morgan fingerprint density at radius 2 is 1.92 bits per heavy atom. The monoisotopic (exact) mass is 340 g/mol.